The van der Waals surface area contributed by atoms with Gasteiger partial charge in [-0.05, 0) is 43.4 Å². The van der Waals surface area contributed by atoms with Crippen LogP contribution in [0.2, 0.25) is 0 Å². The maximum atomic E-state index is 5.65. The second-order valence-corrected chi connectivity index (χ2v) is 4.96. The summed E-state index contributed by atoms with van der Waals surface area (Å²) in [4.78, 5) is 0. The zero-order chi connectivity index (χ0) is 9.10. The maximum absolute atomic E-state index is 5.65. The maximum Gasteiger partial charge on any atom is 0.0223 e. The fraction of sp³-hybridized carbons (Fsp3) is 0.833. The van der Waals surface area contributed by atoms with Crippen molar-refractivity contribution in [2.24, 2.45) is 17.8 Å². The van der Waals surface area contributed by atoms with Crippen LogP contribution in [0, 0.1) is 17.8 Å². The van der Waals surface area contributed by atoms with Gasteiger partial charge in [0.1, 0.15) is 0 Å². The third-order valence-electron chi connectivity index (χ3n) is 3.62. The Kier molecular flexibility index (Phi) is 3.32. The highest BCUT2D eigenvalue weighted by atomic mass is 35.5. The number of rotatable bonds is 5. The molecule has 2 aliphatic carbocycles. The van der Waals surface area contributed by atoms with Crippen molar-refractivity contribution >= 4 is 11.6 Å². The lowest BCUT2D eigenvalue weighted by Crippen LogP contribution is -2.06. The monoisotopic (exact) mass is 198 g/mol. The molecular formula is C12H19Cl. The predicted octanol–water partition coefficient (Wildman–Crippen LogP) is 4.00. The summed E-state index contributed by atoms with van der Waals surface area (Å²) in [5, 5.41) is 0. The third-order valence-corrected chi connectivity index (χ3v) is 3.89. The topological polar surface area (TPSA) is 0 Å². The van der Waals surface area contributed by atoms with Crippen molar-refractivity contribution in [3.05, 3.63) is 12.2 Å². The van der Waals surface area contributed by atoms with Crippen molar-refractivity contribution in [1.82, 2.24) is 0 Å². The van der Waals surface area contributed by atoms with Crippen LogP contribution in [0.15, 0.2) is 12.2 Å². The fourth-order valence-electron chi connectivity index (χ4n) is 2.90. The van der Waals surface area contributed by atoms with Gasteiger partial charge in [0.2, 0.25) is 0 Å². The van der Waals surface area contributed by atoms with Crippen LogP contribution < -0.4 is 0 Å². The van der Waals surface area contributed by atoms with Gasteiger partial charge in [0.05, 0.1) is 0 Å². The number of halogens is 1. The molecule has 0 radical (unpaired) electrons. The van der Waals surface area contributed by atoms with Crippen LogP contribution in [-0.2, 0) is 0 Å². The van der Waals surface area contributed by atoms with E-state index >= 15 is 0 Å². The summed E-state index contributed by atoms with van der Waals surface area (Å²) in [6.45, 7) is 0. The zero-order valence-corrected chi connectivity index (χ0v) is 8.97. The molecule has 0 aromatic heterocycles. The van der Waals surface area contributed by atoms with Gasteiger partial charge in [0.25, 0.3) is 0 Å². The summed E-state index contributed by atoms with van der Waals surface area (Å²) in [5.74, 6) is 3.76. The molecule has 74 valence electrons. The van der Waals surface area contributed by atoms with Crippen LogP contribution >= 0.6 is 11.6 Å². The summed E-state index contributed by atoms with van der Waals surface area (Å²) < 4.78 is 0. The Bertz CT molecular complexity index is 186. The Morgan fingerprint density at radius 3 is 2.62 bits per heavy atom. The van der Waals surface area contributed by atoms with Gasteiger partial charge in [-0.2, -0.15) is 0 Å². The number of alkyl halides is 1. The molecule has 2 aliphatic rings. The molecule has 0 spiro atoms. The van der Waals surface area contributed by atoms with Crippen molar-refractivity contribution in [2.45, 2.75) is 38.5 Å². The number of unbranched alkanes of at least 4 members (excludes halogenated alkanes) is 2. The Morgan fingerprint density at radius 1 is 1.08 bits per heavy atom. The normalized spacial score (nSPS) is 35.9. The van der Waals surface area contributed by atoms with E-state index in [2.05, 4.69) is 12.2 Å². The lowest BCUT2D eigenvalue weighted by atomic mass is 9.89. The summed E-state index contributed by atoms with van der Waals surface area (Å²) >= 11 is 5.65. The fourth-order valence-corrected chi connectivity index (χ4v) is 3.09. The second kappa shape index (κ2) is 4.50. The summed E-state index contributed by atoms with van der Waals surface area (Å²) in [6.07, 6.45) is 13.2. The van der Waals surface area contributed by atoms with Crippen LogP contribution in [0.4, 0.5) is 0 Å². The predicted molar refractivity (Wildman–Crippen MR) is 58.0 cm³/mol. The first-order valence-corrected chi connectivity index (χ1v) is 6.18. The number of fused-ring (bicyclic) bond motifs is 2. The lowest BCUT2D eigenvalue weighted by Gasteiger charge is -2.17. The number of allylic oxidation sites excluding steroid dienone is 2. The second-order valence-electron chi connectivity index (χ2n) is 4.58. The molecule has 0 aromatic carbocycles. The number of hydrogen-bond donors (Lipinski definition) is 0. The Balaban J connectivity index is 1.64. The van der Waals surface area contributed by atoms with Crippen molar-refractivity contribution in [3.8, 4) is 0 Å². The average molecular weight is 199 g/mol. The Hall–Kier alpha value is 0.0300. The minimum absolute atomic E-state index is 0.844. The molecule has 13 heavy (non-hydrogen) atoms. The molecule has 2 rings (SSSR count). The molecule has 0 N–H and O–H groups in total. The first kappa shape index (κ1) is 9.58. The van der Waals surface area contributed by atoms with E-state index in [0.29, 0.717) is 0 Å². The highest BCUT2D eigenvalue weighted by Gasteiger charge is 2.34. The standard InChI is InChI=1S/C12H19Cl/c13-7-3-1-2-4-11-8-10-5-6-12(11)9-10/h5-6,10-12H,1-4,7-9H2. The summed E-state index contributed by atoms with van der Waals surface area (Å²) in [5.41, 5.74) is 0. The van der Waals surface area contributed by atoms with Gasteiger partial charge in [0.15, 0.2) is 0 Å². The molecular weight excluding hydrogens is 180 g/mol. The van der Waals surface area contributed by atoms with Crippen molar-refractivity contribution < 1.29 is 0 Å². The smallest absolute Gasteiger partial charge is 0.0223 e. The van der Waals surface area contributed by atoms with E-state index in [1.165, 1.54) is 38.5 Å². The first-order valence-electron chi connectivity index (χ1n) is 5.64. The molecule has 0 saturated heterocycles. The van der Waals surface area contributed by atoms with Crippen LogP contribution in [0.5, 0.6) is 0 Å². The quantitative estimate of drug-likeness (QED) is 0.356. The molecule has 0 heterocycles. The van der Waals surface area contributed by atoms with Crippen molar-refractivity contribution in [1.29, 1.82) is 0 Å². The Labute approximate surface area is 86.4 Å². The summed E-state index contributed by atoms with van der Waals surface area (Å²) in [6, 6.07) is 0. The van der Waals surface area contributed by atoms with Gasteiger partial charge in [0, 0.05) is 5.88 Å². The van der Waals surface area contributed by atoms with E-state index in [0.717, 1.165) is 23.6 Å². The zero-order valence-electron chi connectivity index (χ0n) is 8.21. The van der Waals surface area contributed by atoms with Gasteiger partial charge in [-0.25, -0.2) is 0 Å². The number of hydrogen-bond acceptors (Lipinski definition) is 0. The van der Waals surface area contributed by atoms with Crippen LogP contribution in [0.1, 0.15) is 38.5 Å². The minimum Gasteiger partial charge on any atom is -0.127 e. The average Bonchev–Trinajstić information content (AvgIpc) is 2.73. The largest absolute Gasteiger partial charge is 0.127 e. The molecule has 2 bridgehead atoms. The van der Waals surface area contributed by atoms with E-state index in [1.54, 1.807) is 0 Å². The third kappa shape index (κ3) is 2.28. The molecule has 1 heteroatoms. The van der Waals surface area contributed by atoms with Crippen LogP contribution in [0.3, 0.4) is 0 Å². The lowest BCUT2D eigenvalue weighted by molar-refractivity contribution is 0.398. The van der Waals surface area contributed by atoms with Gasteiger partial charge in [-0.15, -0.1) is 11.6 Å². The molecule has 3 unspecified atom stereocenters. The Morgan fingerprint density at radius 2 is 2.00 bits per heavy atom. The summed E-state index contributed by atoms with van der Waals surface area (Å²) in [7, 11) is 0. The van der Waals surface area contributed by atoms with Gasteiger partial charge in [-0.3, -0.25) is 0 Å². The van der Waals surface area contributed by atoms with Gasteiger partial charge in [-0.1, -0.05) is 25.0 Å². The molecule has 1 fully saturated rings. The SMILES string of the molecule is ClCCCCCC1CC2C=CC1C2. The highest BCUT2D eigenvalue weighted by molar-refractivity contribution is 6.17. The van der Waals surface area contributed by atoms with Crippen molar-refractivity contribution in [2.75, 3.05) is 5.88 Å². The first-order chi connectivity index (χ1) is 6.40. The van der Waals surface area contributed by atoms with Gasteiger partial charge < -0.3 is 0 Å². The van der Waals surface area contributed by atoms with Gasteiger partial charge >= 0.3 is 0 Å². The van der Waals surface area contributed by atoms with E-state index in [4.69, 9.17) is 11.6 Å². The highest BCUT2D eigenvalue weighted by Crippen LogP contribution is 2.45. The van der Waals surface area contributed by atoms with Crippen LogP contribution in [0.25, 0.3) is 0 Å². The van der Waals surface area contributed by atoms with Crippen molar-refractivity contribution in [3.63, 3.8) is 0 Å². The molecule has 0 amide bonds. The molecule has 0 aliphatic heterocycles. The molecule has 3 atom stereocenters. The van der Waals surface area contributed by atoms with E-state index in [1.807, 2.05) is 0 Å². The van der Waals surface area contributed by atoms with E-state index < -0.39 is 0 Å². The molecule has 0 aromatic rings. The molecule has 0 nitrogen and oxygen atoms in total. The van der Waals surface area contributed by atoms with E-state index in [-0.39, 0.29) is 0 Å². The minimum atomic E-state index is 0.844. The van der Waals surface area contributed by atoms with E-state index in [9.17, 15) is 0 Å². The molecule has 1 saturated carbocycles. The van der Waals surface area contributed by atoms with Crippen LogP contribution in [-0.4, -0.2) is 5.88 Å².